The van der Waals surface area contributed by atoms with Crippen molar-refractivity contribution in [1.29, 1.82) is 0 Å². The smallest absolute Gasteiger partial charge is 0.425 e. The summed E-state index contributed by atoms with van der Waals surface area (Å²) in [5.41, 5.74) is 0. The molecule has 0 aliphatic heterocycles. The van der Waals surface area contributed by atoms with Crippen molar-refractivity contribution < 1.29 is 18.3 Å². The van der Waals surface area contributed by atoms with E-state index in [0.29, 0.717) is 11.3 Å². The molecule has 0 aliphatic carbocycles. The second-order valence-electron chi connectivity index (χ2n) is 2.05. The van der Waals surface area contributed by atoms with E-state index in [2.05, 4.69) is 0 Å². The Bertz CT molecular complexity index is 244. The highest BCUT2D eigenvalue weighted by Gasteiger charge is 2.33. The summed E-state index contributed by atoms with van der Waals surface area (Å²) < 4.78 is 35.6. The molecule has 1 aromatic heterocycles. The number of hydrogen-bond acceptors (Lipinski definition) is 2. The topological polar surface area (TPSA) is 20.2 Å². The van der Waals surface area contributed by atoms with Gasteiger partial charge in [-0.1, -0.05) is 0 Å². The van der Waals surface area contributed by atoms with Crippen LogP contribution >= 0.6 is 11.3 Å². The van der Waals surface area contributed by atoms with Crippen LogP contribution < -0.4 is 0 Å². The average molecular weight is 182 g/mol. The van der Waals surface area contributed by atoms with Crippen molar-refractivity contribution >= 4 is 11.3 Å². The first-order valence-electron chi connectivity index (χ1n) is 2.78. The summed E-state index contributed by atoms with van der Waals surface area (Å²) in [6, 6.07) is 0.736. The summed E-state index contributed by atoms with van der Waals surface area (Å²) in [5.74, 6) is -0.290. The van der Waals surface area contributed by atoms with Gasteiger partial charge in [0.25, 0.3) is 0 Å². The van der Waals surface area contributed by atoms with Crippen LogP contribution in [0.5, 0.6) is 5.75 Å². The molecule has 0 amide bonds. The third-order valence-electron chi connectivity index (χ3n) is 1.17. The Hall–Kier alpha value is -0.710. The van der Waals surface area contributed by atoms with E-state index in [1.54, 1.807) is 0 Å². The van der Waals surface area contributed by atoms with E-state index in [4.69, 9.17) is 5.11 Å². The van der Waals surface area contributed by atoms with E-state index in [-0.39, 0.29) is 10.6 Å². The van der Waals surface area contributed by atoms with E-state index < -0.39 is 11.1 Å². The Morgan fingerprint density at radius 3 is 2.18 bits per heavy atom. The van der Waals surface area contributed by atoms with Crippen LogP contribution in [0, 0.1) is 6.92 Å². The van der Waals surface area contributed by atoms with Gasteiger partial charge in [-0.25, -0.2) is 0 Å². The molecule has 5 heteroatoms. The van der Waals surface area contributed by atoms with Crippen LogP contribution in [-0.4, -0.2) is 5.11 Å². The van der Waals surface area contributed by atoms with Crippen LogP contribution in [0.25, 0.3) is 0 Å². The highest BCUT2D eigenvalue weighted by molar-refractivity contribution is 7.12. The fraction of sp³-hybridized carbons (Fsp3) is 0.333. The number of hydrogen-bond donors (Lipinski definition) is 1. The number of thiophene rings is 1. The molecule has 0 saturated carbocycles. The molecule has 62 valence electrons. The molecule has 0 atom stereocenters. The maximum Gasteiger partial charge on any atom is 0.425 e. The SMILES string of the molecule is Cc1sc(C(F)(F)F)cc1O. The Kier molecular flexibility index (Phi) is 1.83. The van der Waals surface area contributed by atoms with Gasteiger partial charge in [-0.05, 0) is 6.92 Å². The molecule has 0 spiro atoms. The van der Waals surface area contributed by atoms with Crippen molar-refractivity contribution in [2.24, 2.45) is 0 Å². The van der Waals surface area contributed by atoms with Gasteiger partial charge in [-0.3, -0.25) is 0 Å². The second kappa shape index (κ2) is 2.41. The van der Waals surface area contributed by atoms with E-state index in [9.17, 15) is 13.2 Å². The summed E-state index contributed by atoms with van der Waals surface area (Å²) in [5, 5.41) is 8.81. The van der Waals surface area contributed by atoms with Crippen molar-refractivity contribution in [2.75, 3.05) is 0 Å². The summed E-state index contributed by atoms with van der Waals surface area (Å²) in [4.78, 5) is -0.468. The van der Waals surface area contributed by atoms with Crippen LogP contribution in [0.15, 0.2) is 6.07 Å². The molecule has 0 fully saturated rings. The zero-order valence-corrected chi connectivity index (χ0v) is 6.38. The van der Waals surface area contributed by atoms with Crippen LogP contribution in [0.3, 0.4) is 0 Å². The third kappa shape index (κ3) is 1.65. The molecule has 0 aliphatic rings. The molecule has 0 bridgehead atoms. The van der Waals surface area contributed by atoms with Crippen LogP contribution in [0.4, 0.5) is 13.2 Å². The Morgan fingerprint density at radius 2 is 2.00 bits per heavy atom. The predicted octanol–water partition coefficient (Wildman–Crippen LogP) is 2.78. The highest BCUT2D eigenvalue weighted by atomic mass is 32.1. The summed E-state index contributed by atoms with van der Waals surface area (Å²) >= 11 is 0.546. The number of aromatic hydroxyl groups is 1. The van der Waals surface area contributed by atoms with Gasteiger partial charge in [0.05, 0.1) is 0 Å². The monoisotopic (exact) mass is 182 g/mol. The fourth-order valence-corrected chi connectivity index (χ4v) is 1.39. The molecule has 0 unspecified atom stereocenters. The fourth-order valence-electron chi connectivity index (χ4n) is 0.612. The van der Waals surface area contributed by atoms with Crippen molar-refractivity contribution in [3.05, 3.63) is 15.8 Å². The van der Waals surface area contributed by atoms with Crippen LogP contribution in [-0.2, 0) is 6.18 Å². The molecule has 1 nitrogen and oxygen atoms in total. The lowest BCUT2D eigenvalue weighted by Gasteiger charge is -1.99. The maximum atomic E-state index is 11.9. The Balaban J connectivity index is 3.08. The van der Waals surface area contributed by atoms with Gasteiger partial charge in [0, 0.05) is 10.9 Å². The minimum Gasteiger partial charge on any atom is -0.507 e. The molecule has 1 heterocycles. The van der Waals surface area contributed by atoms with Crippen molar-refractivity contribution in [3.8, 4) is 5.75 Å². The molecule has 1 rings (SSSR count). The summed E-state index contributed by atoms with van der Waals surface area (Å²) in [6.07, 6.45) is -4.34. The molecule has 0 radical (unpaired) electrons. The van der Waals surface area contributed by atoms with E-state index in [1.165, 1.54) is 6.92 Å². The summed E-state index contributed by atoms with van der Waals surface area (Å²) in [6.45, 7) is 1.44. The number of alkyl halides is 3. The first-order valence-corrected chi connectivity index (χ1v) is 3.59. The molecular formula is C6H5F3OS. The van der Waals surface area contributed by atoms with E-state index in [0.717, 1.165) is 6.07 Å². The predicted molar refractivity (Wildman–Crippen MR) is 35.7 cm³/mol. The average Bonchev–Trinajstić information content (AvgIpc) is 2.11. The largest absolute Gasteiger partial charge is 0.507 e. The van der Waals surface area contributed by atoms with Gasteiger partial charge < -0.3 is 5.11 Å². The molecule has 11 heavy (non-hydrogen) atoms. The van der Waals surface area contributed by atoms with Gasteiger partial charge >= 0.3 is 6.18 Å². The van der Waals surface area contributed by atoms with Gasteiger partial charge in [0.2, 0.25) is 0 Å². The molecule has 0 saturated heterocycles. The molecule has 1 N–H and O–H groups in total. The van der Waals surface area contributed by atoms with Crippen LogP contribution in [0.1, 0.15) is 9.75 Å². The Morgan fingerprint density at radius 1 is 1.45 bits per heavy atom. The van der Waals surface area contributed by atoms with Gasteiger partial charge in [0.15, 0.2) is 0 Å². The molecular weight excluding hydrogens is 177 g/mol. The first kappa shape index (κ1) is 8.39. The first-order chi connectivity index (χ1) is 4.91. The lowest BCUT2D eigenvalue weighted by Crippen LogP contribution is -2.00. The molecule has 1 aromatic rings. The normalized spacial score (nSPS) is 12.0. The van der Waals surface area contributed by atoms with E-state index >= 15 is 0 Å². The van der Waals surface area contributed by atoms with Crippen LogP contribution in [0.2, 0.25) is 0 Å². The lowest BCUT2D eigenvalue weighted by atomic mass is 10.4. The minimum absolute atomic E-state index is 0.289. The molecule has 0 aromatic carbocycles. The van der Waals surface area contributed by atoms with Gasteiger partial charge in [0.1, 0.15) is 10.6 Å². The number of halogens is 3. The van der Waals surface area contributed by atoms with Crippen molar-refractivity contribution in [2.45, 2.75) is 13.1 Å². The third-order valence-corrected chi connectivity index (χ3v) is 2.26. The number of aryl methyl sites for hydroxylation is 1. The highest BCUT2D eigenvalue weighted by Crippen LogP contribution is 2.38. The zero-order valence-electron chi connectivity index (χ0n) is 5.57. The van der Waals surface area contributed by atoms with Crippen molar-refractivity contribution in [3.63, 3.8) is 0 Å². The quantitative estimate of drug-likeness (QED) is 0.654. The summed E-state index contributed by atoms with van der Waals surface area (Å²) in [7, 11) is 0. The van der Waals surface area contributed by atoms with Crippen molar-refractivity contribution in [1.82, 2.24) is 0 Å². The van der Waals surface area contributed by atoms with E-state index in [1.807, 2.05) is 0 Å². The zero-order chi connectivity index (χ0) is 8.65. The minimum atomic E-state index is -4.34. The van der Waals surface area contributed by atoms with Gasteiger partial charge in [-0.15, -0.1) is 11.3 Å². The standard InChI is InChI=1S/C6H5F3OS/c1-3-4(10)2-5(11-3)6(7,8)9/h2,10H,1H3. The lowest BCUT2D eigenvalue weighted by molar-refractivity contribution is -0.134. The second-order valence-corrected chi connectivity index (χ2v) is 3.31. The van der Waals surface area contributed by atoms with Gasteiger partial charge in [-0.2, -0.15) is 13.2 Å². The number of rotatable bonds is 0. The maximum absolute atomic E-state index is 11.9. The Labute approximate surface area is 65.1 Å².